The molecule has 4 nitrogen and oxygen atoms in total. The Kier molecular flexibility index (Phi) is 4.53. The molecule has 0 fully saturated rings. The monoisotopic (exact) mass is 250 g/mol. The molecule has 0 radical (unpaired) electrons. The third-order valence-electron chi connectivity index (χ3n) is 2.47. The van der Waals surface area contributed by atoms with E-state index >= 15 is 0 Å². The summed E-state index contributed by atoms with van der Waals surface area (Å²) in [4.78, 5) is 3.95. The van der Waals surface area contributed by atoms with Gasteiger partial charge in [0.2, 0.25) is 0 Å². The van der Waals surface area contributed by atoms with Crippen molar-refractivity contribution in [2.24, 2.45) is 0 Å². The van der Waals surface area contributed by atoms with E-state index in [9.17, 15) is 0 Å². The minimum Gasteiger partial charge on any atom is -0.313 e. The van der Waals surface area contributed by atoms with Crippen molar-refractivity contribution in [2.75, 3.05) is 6.54 Å². The number of halogens is 1. The lowest BCUT2D eigenvalue weighted by atomic mass is 10.2. The summed E-state index contributed by atoms with van der Waals surface area (Å²) in [7, 11) is 0. The maximum atomic E-state index is 6.00. The first-order valence-electron chi connectivity index (χ1n) is 5.63. The topological polar surface area (TPSA) is 42.7 Å². The van der Waals surface area contributed by atoms with Crippen LogP contribution in [0, 0.1) is 0 Å². The van der Waals surface area contributed by atoms with Crippen LogP contribution in [0.5, 0.6) is 0 Å². The first-order chi connectivity index (χ1) is 8.36. The molecule has 0 bridgehead atoms. The maximum Gasteiger partial charge on any atom is 0.0634 e. The fourth-order valence-electron chi connectivity index (χ4n) is 1.57. The van der Waals surface area contributed by atoms with Gasteiger partial charge in [0.1, 0.15) is 0 Å². The van der Waals surface area contributed by atoms with Crippen LogP contribution in [0.1, 0.15) is 12.0 Å². The van der Waals surface area contributed by atoms with Gasteiger partial charge in [0.25, 0.3) is 0 Å². The van der Waals surface area contributed by atoms with Gasteiger partial charge in [-0.2, -0.15) is 5.10 Å². The molecule has 0 saturated carbocycles. The van der Waals surface area contributed by atoms with Crippen LogP contribution in [0.15, 0.2) is 36.9 Å². The van der Waals surface area contributed by atoms with Crippen molar-refractivity contribution in [1.82, 2.24) is 20.1 Å². The van der Waals surface area contributed by atoms with Gasteiger partial charge < -0.3 is 5.32 Å². The van der Waals surface area contributed by atoms with E-state index in [0.717, 1.165) is 31.6 Å². The molecule has 1 N–H and O–H groups in total. The fourth-order valence-corrected chi connectivity index (χ4v) is 1.76. The van der Waals surface area contributed by atoms with E-state index in [1.807, 2.05) is 23.0 Å². The molecule has 90 valence electrons. The van der Waals surface area contributed by atoms with Crippen LogP contribution in [0.3, 0.4) is 0 Å². The average Bonchev–Trinajstić information content (AvgIpc) is 2.84. The summed E-state index contributed by atoms with van der Waals surface area (Å²) < 4.78 is 1.93. The highest BCUT2D eigenvalue weighted by Gasteiger charge is 1.98. The Labute approximate surface area is 106 Å². The second-order valence-electron chi connectivity index (χ2n) is 3.77. The van der Waals surface area contributed by atoms with Gasteiger partial charge in [-0.25, -0.2) is 0 Å². The lowest BCUT2D eigenvalue weighted by Crippen LogP contribution is -2.16. The molecule has 5 heteroatoms. The maximum absolute atomic E-state index is 6.00. The van der Waals surface area contributed by atoms with Gasteiger partial charge in [-0.15, -0.1) is 0 Å². The molecule has 17 heavy (non-hydrogen) atoms. The number of pyridine rings is 1. The number of rotatable bonds is 6. The van der Waals surface area contributed by atoms with Crippen molar-refractivity contribution >= 4 is 11.6 Å². The number of hydrogen-bond acceptors (Lipinski definition) is 3. The molecule has 0 atom stereocenters. The molecule has 2 rings (SSSR count). The number of nitrogens with one attached hydrogen (secondary N) is 1. The van der Waals surface area contributed by atoms with Crippen LogP contribution in [0.4, 0.5) is 0 Å². The highest BCUT2D eigenvalue weighted by molar-refractivity contribution is 6.31. The predicted molar refractivity (Wildman–Crippen MR) is 67.8 cm³/mol. The molecular formula is C12H15ClN4. The third kappa shape index (κ3) is 3.84. The predicted octanol–water partition coefficient (Wildman–Crippen LogP) is 2.11. The van der Waals surface area contributed by atoms with Crippen molar-refractivity contribution in [2.45, 2.75) is 19.5 Å². The molecule has 2 heterocycles. The number of aromatic nitrogens is 3. The lowest BCUT2D eigenvalue weighted by Gasteiger charge is -2.06. The van der Waals surface area contributed by atoms with Crippen LogP contribution in [0.25, 0.3) is 0 Å². The molecule has 0 saturated heterocycles. The Bertz CT molecular complexity index is 442. The quantitative estimate of drug-likeness (QED) is 0.799. The summed E-state index contributed by atoms with van der Waals surface area (Å²) in [6.07, 6.45) is 8.24. The molecule has 0 aliphatic carbocycles. The van der Waals surface area contributed by atoms with Crippen molar-refractivity contribution in [3.8, 4) is 0 Å². The highest BCUT2D eigenvalue weighted by atomic mass is 35.5. The number of hydrogen-bond donors (Lipinski definition) is 1. The summed E-state index contributed by atoms with van der Waals surface area (Å²) in [6, 6.07) is 3.87. The Hall–Kier alpha value is -1.39. The summed E-state index contributed by atoms with van der Waals surface area (Å²) in [6.45, 7) is 2.66. The zero-order valence-corrected chi connectivity index (χ0v) is 10.3. The second-order valence-corrected chi connectivity index (χ2v) is 4.17. The molecular weight excluding hydrogens is 236 g/mol. The zero-order chi connectivity index (χ0) is 11.9. The van der Waals surface area contributed by atoms with Crippen LogP contribution in [-0.2, 0) is 13.1 Å². The standard InChI is InChI=1S/C12H15ClN4/c13-12-10-15-6-3-11(12)9-14-4-1-7-17-8-2-5-16-17/h2-3,5-6,8,10,14H,1,4,7,9H2. The summed E-state index contributed by atoms with van der Waals surface area (Å²) in [5.74, 6) is 0. The molecule has 0 aliphatic rings. The molecule has 2 aromatic heterocycles. The Morgan fingerprint density at radius 1 is 1.35 bits per heavy atom. The van der Waals surface area contributed by atoms with Gasteiger partial charge in [-0.05, 0) is 30.7 Å². The molecule has 0 aromatic carbocycles. The highest BCUT2D eigenvalue weighted by Crippen LogP contribution is 2.12. The summed E-state index contributed by atoms with van der Waals surface area (Å²) in [5, 5.41) is 8.21. The van der Waals surface area contributed by atoms with Crippen LogP contribution in [-0.4, -0.2) is 21.3 Å². The SMILES string of the molecule is Clc1cnccc1CNCCCn1cccn1. The first-order valence-corrected chi connectivity index (χ1v) is 6.00. The Morgan fingerprint density at radius 2 is 2.29 bits per heavy atom. The molecule has 2 aromatic rings. The Morgan fingerprint density at radius 3 is 3.06 bits per heavy atom. The van der Waals surface area contributed by atoms with Crippen molar-refractivity contribution in [3.63, 3.8) is 0 Å². The number of aryl methyl sites for hydroxylation is 1. The molecule has 0 amide bonds. The first kappa shape index (κ1) is 12.1. The van der Waals surface area contributed by atoms with E-state index in [2.05, 4.69) is 15.4 Å². The minimum absolute atomic E-state index is 0.715. The number of nitrogens with zero attached hydrogens (tertiary/aromatic N) is 3. The molecule has 0 aliphatic heterocycles. The van der Waals surface area contributed by atoms with Gasteiger partial charge >= 0.3 is 0 Å². The van der Waals surface area contributed by atoms with Crippen molar-refractivity contribution < 1.29 is 0 Å². The summed E-state index contributed by atoms with van der Waals surface area (Å²) >= 11 is 6.00. The van der Waals surface area contributed by atoms with Gasteiger partial charge in [-0.1, -0.05) is 11.6 Å². The molecule has 0 spiro atoms. The van der Waals surface area contributed by atoms with E-state index in [4.69, 9.17) is 11.6 Å². The van der Waals surface area contributed by atoms with Gasteiger partial charge in [-0.3, -0.25) is 9.67 Å². The van der Waals surface area contributed by atoms with Crippen molar-refractivity contribution in [1.29, 1.82) is 0 Å². The fraction of sp³-hybridized carbons (Fsp3) is 0.333. The van der Waals surface area contributed by atoms with Crippen LogP contribution < -0.4 is 5.32 Å². The van der Waals surface area contributed by atoms with E-state index < -0.39 is 0 Å². The third-order valence-corrected chi connectivity index (χ3v) is 2.81. The van der Waals surface area contributed by atoms with E-state index in [1.54, 1.807) is 18.6 Å². The van der Waals surface area contributed by atoms with E-state index in [0.29, 0.717) is 5.02 Å². The largest absolute Gasteiger partial charge is 0.313 e. The Balaban J connectivity index is 1.65. The van der Waals surface area contributed by atoms with E-state index in [-0.39, 0.29) is 0 Å². The van der Waals surface area contributed by atoms with Gasteiger partial charge in [0, 0.05) is 37.9 Å². The summed E-state index contributed by atoms with van der Waals surface area (Å²) in [5.41, 5.74) is 1.08. The average molecular weight is 251 g/mol. The normalized spacial score (nSPS) is 10.6. The van der Waals surface area contributed by atoms with Gasteiger partial charge in [0.05, 0.1) is 5.02 Å². The van der Waals surface area contributed by atoms with Crippen LogP contribution >= 0.6 is 11.6 Å². The smallest absolute Gasteiger partial charge is 0.0634 e. The minimum atomic E-state index is 0.715. The second kappa shape index (κ2) is 6.37. The van der Waals surface area contributed by atoms with Crippen molar-refractivity contribution in [3.05, 3.63) is 47.5 Å². The van der Waals surface area contributed by atoms with E-state index in [1.165, 1.54) is 0 Å². The lowest BCUT2D eigenvalue weighted by molar-refractivity contribution is 0.543. The van der Waals surface area contributed by atoms with Gasteiger partial charge in [0.15, 0.2) is 0 Å². The van der Waals surface area contributed by atoms with Crippen LogP contribution in [0.2, 0.25) is 5.02 Å². The zero-order valence-electron chi connectivity index (χ0n) is 9.51. The molecule has 0 unspecified atom stereocenters.